The molecule has 1 aromatic rings. The summed E-state index contributed by atoms with van der Waals surface area (Å²) >= 11 is 0. The molecule has 0 bridgehead atoms. The van der Waals surface area contributed by atoms with Gasteiger partial charge in [-0.1, -0.05) is 62.9 Å². The maximum Gasteiger partial charge on any atom is -0.00489 e. The van der Waals surface area contributed by atoms with Crippen molar-refractivity contribution in [3.05, 3.63) is 35.9 Å². The molecule has 0 radical (unpaired) electrons. The Morgan fingerprint density at radius 1 is 0.778 bits per heavy atom. The number of nitrogens with one attached hydrogen (secondary N) is 1. The Kier molecular flexibility index (Phi) is 9.55. The molecule has 18 heavy (non-hydrogen) atoms. The summed E-state index contributed by atoms with van der Waals surface area (Å²) in [5.74, 6) is 0. The zero-order valence-corrected chi connectivity index (χ0v) is 12.0. The van der Waals surface area contributed by atoms with Gasteiger partial charge in [0.15, 0.2) is 0 Å². The highest BCUT2D eigenvalue weighted by molar-refractivity contribution is 5.14. The van der Waals surface area contributed by atoms with E-state index >= 15 is 0 Å². The van der Waals surface area contributed by atoms with E-state index < -0.39 is 0 Å². The Bertz CT molecular complexity index is 268. The van der Waals surface area contributed by atoms with Gasteiger partial charge < -0.3 is 5.32 Å². The molecular formula is C17H29N. The molecule has 1 N–H and O–H groups in total. The zero-order valence-electron chi connectivity index (χ0n) is 12.0. The smallest absolute Gasteiger partial charge is 0.00489 e. The van der Waals surface area contributed by atoms with Gasteiger partial charge in [-0.2, -0.15) is 0 Å². The summed E-state index contributed by atoms with van der Waals surface area (Å²) in [6, 6.07) is 10.8. The molecule has 0 unspecified atom stereocenters. The Labute approximate surface area is 113 Å². The van der Waals surface area contributed by atoms with Gasteiger partial charge in [0.05, 0.1) is 0 Å². The van der Waals surface area contributed by atoms with Crippen LogP contribution in [0, 0.1) is 0 Å². The number of benzene rings is 1. The van der Waals surface area contributed by atoms with Crippen LogP contribution < -0.4 is 5.32 Å². The first-order valence-corrected chi connectivity index (χ1v) is 7.68. The van der Waals surface area contributed by atoms with Crippen molar-refractivity contribution in [1.29, 1.82) is 0 Å². The molecule has 0 aliphatic heterocycles. The summed E-state index contributed by atoms with van der Waals surface area (Å²) in [5, 5.41) is 3.54. The first-order chi connectivity index (χ1) is 8.93. The molecule has 0 heterocycles. The van der Waals surface area contributed by atoms with Crippen LogP contribution in [0.15, 0.2) is 30.3 Å². The summed E-state index contributed by atoms with van der Waals surface area (Å²) in [5.41, 5.74) is 1.48. The number of hydrogen-bond donors (Lipinski definition) is 1. The monoisotopic (exact) mass is 247 g/mol. The highest BCUT2D eigenvalue weighted by atomic mass is 14.8. The van der Waals surface area contributed by atoms with Gasteiger partial charge in [-0.3, -0.25) is 0 Å². The first-order valence-electron chi connectivity index (χ1n) is 7.68. The van der Waals surface area contributed by atoms with E-state index in [9.17, 15) is 0 Å². The Hall–Kier alpha value is -0.820. The van der Waals surface area contributed by atoms with E-state index in [0.29, 0.717) is 0 Å². The van der Waals surface area contributed by atoms with Crippen molar-refractivity contribution in [2.75, 3.05) is 13.1 Å². The molecule has 102 valence electrons. The fourth-order valence-corrected chi connectivity index (χ4v) is 2.20. The summed E-state index contributed by atoms with van der Waals surface area (Å²) < 4.78 is 0. The van der Waals surface area contributed by atoms with Crippen LogP contribution in [0.25, 0.3) is 0 Å². The predicted octanol–water partition coefficient (Wildman–Crippen LogP) is 4.57. The lowest BCUT2D eigenvalue weighted by Gasteiger charge is -2.04. The fourth-order valence-electron chi connectivity index (χ4n) is 2.20. The Morgan fingerprint density at radius 3 is 2.11 bits per heavy atom. The summed E-state index contributed by atoms with van der Waals surface area (Å²) in [4.78, 5) is 0. The van der Waals surface area contributed by atoms with E-state index in [0.717, 1.165) is 0 Å². The molecule has 1 heteroatoms. The maximum absolute atomic E-state index is 3.54. The lowest BCUT2D eigenvalue weighted by Crippen LogP contribution is -2.16. The van der Waals surface area contributed by atoms with Crippen LogP contribution in [-0.4, -0.2) is 13.1 Å². The minimum Gasteiger partial charge on any atom is -0.317 e. The molecule has 0 saturated carbocycles. The van der Waals surface area contributed by atoms with Gasteiger partial charge >= 0.3 is 0 Å². The average molecular weight is 247 g/mol. The number of hydrogen-bond acceptors (Lipinski definition) is 1. The molecule has 0 saturated heterocycles. The highest BCUT2D eigenvalue weighted by Crippen LogP contribution is 2.05. The van der Waals surface area contributed by atoms with Crippen LogP contribution in [0.2, 0.25) is 0 Å². The summed E-state index contributed by atoms with van der Waals surface area (Å²) in [6.45, 7) is 4.67. The maximum atomic E-state index is 3.54. The van der Waals surface area contributed by atoms with Gasteiger partial charge in [-0.25, -0.2) is 0 Å². The van der Waals surface area contributed by atoms with Crippen molar-refractivity contribution in [1.82, 2.24) is 5.32 Å². The molecule has 1 aromatic carbocycles. The van der Waals surface area contributed by atoms with Gasteiger partial charge in [0.25, 0.3) is 0 Å². The Morgan fingerprint density at radius 2 is 1.44 bits per heavy atom. The average Bonchev–Trinajstić information content (AvgIpc) is 2.42. The lowest BCUT2D eigenvalue weighted by atomic mass is 10.1. The third-order valence-electron chi connectivity index (χ3n) is 3.37. The minimum atomic E-state index is 1.20. The van der Waals surface area contributed by atoms with Gasteiger partial charge in [-0.05, 0) is 44.3 Å². The topological polar surface area (TPSA) is 12.0 Å². The van der Waals surface area contributed by atoms with Crippen LogP contribution in [0.4, 0.5) is 0 Å². The van der Waals surface area contributed by atoms with Gasteiger partial charge in [-0.15, -0.1) is 0 Å². The molecule has 1 nitrogen and oxygen atoms in total. The summed E-state index contributed by atoms with van der Waals surface area (Å²) in [6.07, 6.45) is 10.7. The number of unbranched alkanes of at least 4 members (excludes halogenated alkanes) is 5. The second kappa shape index (κ2) is 11.3. The van der Waals surface area contributed by atoms with E-state index in [1.54, 1.807) is 0 Å². The molecule has 0 amide bonds. The quantitative estimate of drug-likeness (QED) is 0.565. The van der Waals surface area contributed by atoms with Crippen LogP contribution in [0.5, 0.6) is 0 Å². The van der Waals surface area contributed by atoms with Gasteiger partial charge in [0.1, 0.15) is 0 Å². The fraction of sp³-hybridized carbons (Fsp3) is 0.647. The normalized spacial score (nSPS) is 10.7. The largest absolute Gasteiger partial charge is 0.317 e. The van der Waals surface area contributed by atoms with Crippen molar-refractivity contribution in [2.45, 2.75) is 58.3 Å². The van der Waals surface area contributed by atoms with Gasteiger partial charge in [0, 0.05) is 0 Å². The second-order valence-electron chi connectivity index (χ2n) is 5.11. The van der Waals surface area contributed by atoms with Crippen LogP contribution in [0.3, 0.4) is 0 Å². The van der Waals surface area contributed by atoms with E-state index in [1.807, 2.05) is 0 Å². The molecule has 0 aliphatic rings. The van der Waals surface area contributed by atoms with Crippen molar-refractivity contribution in [3.63, 3.8) is 0 Å². The molecule has 0 spiro atoms. The first kappa shape index (κ1) is 15.2. The molecule has 0 atom stereocenters. The van der Waals surface area contributed by atoms with E-state index in [2.05, 4.69) is 42.6 Å². The third kappa shape index (κ3) is 8.30. The van der Waals surface area contributed by atoms with Crippen LogP contribution >= 0.6 is 0 Å². The SMILES string of the molecule is CCCCCCNCCCCCc1ccccc1. The Balaban J connectivity index is 1.82. The summed E-state index contributed by atoms with van der Waals surface area (Å²) in [7, 11) is 0. The van der Waals surface area contributed by atoms with Crippen molar-refractivity contribution in [2.24, 2.45) is 0 Å². The van der Waals surface area contributed by atoms with Crippen LogP contribution in [-0.2, 0) is 6.42 Å². The minimum absolute atomic E-state index is 1.20. The standard InChI is InChI=1S/C17H29N/c1-2-3-4-10-15-18-16-11-6-9-14-17-12-7-5-8-13-17/h5,7-8,12-13,18H,2-4,6,9-11,14-16H2,1H3. The third-order valence-corrected chi connectivity index (χ3v) is 3.37. The molecule has 0 aromatic heterocycles. The zero-order chi connectivity index (χ0) is 12.9. The molecule has 0 aliphatic carbocycles. The number of rotatable bonds is 11. The highest BCUT2D eigenvalue weighted by Gasteiger charge is 1.93. The van der Waals surface area contributed by atoms with E-state index in [4.69, 9.17) is 0 Å². The van der Waals surface area contributed by atoms with E-state index in [1.165, 1.54) is 70.0 Å². The molecule has 1 rings (SSSR count). The van der Waals surface area contributed by atoms with Crippen LogP contribution in [0.1, 0.15) is 57.4 Å². The number of aryl methyl sites for hydroxylation is 1. The predicted molar refractivity (Wildman–Crippen MR) is 81.0 cm³/mol. The van der Waals surface area contributed by atoms with Crippen molar-refractivity contribution < 1.29 is 0 Å². The van der Waals surface area contributed by atoms with Crippen molar-refractivity contribution >= 4 is 0 Å². The molecule has 0 fully saturated rings. The lowest BCUT2D eigenvalue weighted by molar-refractivity contribution is 0.566. The van der Waals surface area contributed by atoms with E-state index in [-0.39, 0.29) is 0 Å². The second-order valence-corrected chi connectivity index (χ2v) is 5.11. The van der Waals surface area contributed by atoms with Crippen molar-refractivity contribution in [3.8, 4) is 0 Å². The molecular weight excluding hydrogens is 218 g/mol. The van der Waals surface area contributed by atoms with Gasteiger partial charge in [0.2, 0.25) is 0 Å².